The second-order valence-electron chi connectivity index (χ2n) is 8.06. The number of hydrogen-bond acceptors (Lipinski definition) is 6. The summed E-state index contributed by atoms with van der Waals surface area (Å²) in [6, 6.07) is 9.22. The third-order valence-corrected chi connectivity index (χ3v) is 6.81. The van der Waals surface area contributed by atoms with Gasteiger partial charge in [-0.25, -0.2) is 13.4 Å². The maximum atomic E-state index is 13.5. The number of amides is 2. The molecule has 0 aliphatic carbocycles. The van der Waals surface area contributed by atoms with Gasteiger partial charge in [-0.15, -0.1) is 0 Å². The summed E-state index contributed by atoms with van der Waals surface area (Å²) in [5, 5.41) is 5.80. The fourth-order valence-electron chi connectivity index (χ4n) is 4.16. The van der Waals surface area contributed by atoms with Crippen LogP contribution in [-0.4, -0.2) is 55.8 Å². The second kappa shape index (κ2) is 10.0. The summed E-state index contributed by atoms with van der Waals surface area (Å²) < 4.78 is 44.8. The van der Waals surface area contributed by atoms with Gasteiger partial charge < -0.3 is 24.5 Å². The lowest BCUT2D eigenvalue weighted by molar-refractivity contribution is 0.00755. The summed E-state index contributed by atoms with van der Waals surface area (Å²) in [4.78, 5) is 24.4. The Kier molecular flexibility index (Phi) is 7.08. The number of fused-ring (bicyclic) bond motifs is 2. The average molecular weight is 504 g/mol. The summed E-state index contributed by atoms with van der Waals surface area (Å²) in [5.41, 5.74) is 2.61. The van der Waals surface area contributed by atoms with Crippen LogP contribution in [0.15, 0.2) is 40.8 Å². The van der Waals surface area contributed by atoms with E-state index in [1.165, 1.54) is 26.3 Å². The van der Waals surface area contributed by atoms with E-state index >= 15 is 0 Å². The van der Waals surface area contributed by atoms with Gasteiger partial charge in [0.1, 0.15) is 28.1 Å². The standard InChI is InChI=1S/C24H26FN3O6S/c1-13-17-9-18-20(34-22(21(18)23(29)26-2)14-5-7-15(25)8-6-14)10-19(17)28(35(4)31)12-16(33-13)11-27-24(30)32-3/h5-10,13,16H,11-12H2,1-4H3,(H,26,29)(H,27,30). The normalized spacial score (nSPS) is 18.5. The number of anilines is 1. The topological polar surface area (TPSA) is 110 Å². The number of hydrogen-bond donors (Lipinski definition) is 2. The molecule has 1 aromatic heterocycles. The Labute approximate surface area is 204 Å². The molecule has 3 atom stereocenters. The zero-order chi connectivity index (χ0) is 25.3. The summed E-state index contributed by atoms with van der Waals surface area (Å²) in [6.45, 7) is 2.25. The van der Waals surface area contributed by atoms with Crippen molar-refractivity contribution in [1.29, 1.82) is 0 Å². The first-order valence-electron chi connectivity index (χ1n) is 10.9. The molecule has 0 spiro atoms. The first kappa shape index (κ1) is 24.7. The number of ether oxygens (including phenoxy) is 2. The molecule has 0 saturated carbocycles. The van der Waals surface area contributed by atoms with Crippen molar-refractivity contribution in [2.75, 3.05) is 37.8 Å². The van der Waals surface area contributed by atoms with Crippen LogP contribution in [-0.2, 0) is 20.5 Å². The molecular weight excluding hydrogens is 477 g/mol. The Morgan fingerprint density at radius 1 is 1.26 bits per heavy atom. The molecule has 2 amide bonds. The lowest BCUT2D eigenvalue weighted by atomic mass is 10.0. The van der Waals surface area contributed by atoms with E-state index in [1.807, 2.05) is 6.92 Å². The smallest absolute Gasteiger partial charge is 0.406 e. The number of rotatable bonds is 5. The minimum Gasteiger partial charge on any atom is -0.455 e. The molecule has 0 fully saturated rings. The van der Waals surface area contributed by atoms with Gasteiger partial charge in [0.05, 0.1) is 37.1 Å². The summed E-state index contributed by atoms with van der Waals surface area (Å²) in [7, 11) is 1.37. The molecule has 0 bridgehead atoms. The van der Waals surface area contributed by atoms with Crippen molar-refractivity contribution < 1.29 is 32.1 Å². The molecule has 11 heteroatoms. The molecular formula is C24H26FN3O6S. The molecule has 2 heterocycles. The zero-order valence-electron chi connectivity index (χ0n) is 19.7. The monoisotopic (exact) mass is 503 g/mol. The second-order valence-corrected chi connectivity index (χ2v) is 9.35. The van der Waals surface area contributed by atoms with Crippen LogP contribution in [0.25, 0.3) is 22.3 Å². The Morgan fingerprint density at radius 3 is 2.60 bits per heavy atom. The summed E-state index contributed by atoms with van der Waals surface area (Å²) >= 11 is 0. The van der Waals surface area contributed by atoms with Gasteiger partial charge >= 0.3 is 6.09 Å². The molecule has 9 nitrogen and oxygen atoms in total. The van der Waals surface area contributed by atoms with E-state index in [0.29, 0.717) is 39.1 Å². The van der Waals surface area contributed by atoms with E-state index in [1.54, 1.807) is 34.8 Å². The molecule has 186 valence electrons. The van der Waals surface area contributed by atoms with Crippen molar-refractivity contribution in [2.24, 2.45) is 0 Å². The largest absolute Gasteiger partial charge is 0.455 e. The Bertz CT molecular complexity index is 1290. The number of nitrogens with zero attached hydrogens (tertiary/aromatic N) is 1. The predicted molar refractivity (Wildman–Crippen MR) is 130 cm³/mol. The summed E-state index contributed by atoms with van der Waals surface area (Å²) in [5.74, 6) is -0.458. The SMILES string of the molecule is CNC(=O)c1c(-c2ccc(F)cc2)oc2cc3c(cc12)C(C)OC(CNC(=O)OC)CN3S(C)=O. The number of benzene rings is 2. The molecule has 3 unspecified atom stereocenters. The first-order valence-corrected chi connectivity index (χ1v) is 12.4. The van der Waals surface area contributed by atoms with Gasteiger partial charge in [0.15, 0.2) is 0 Å². The molecule has 0 saturated heterocycles. The van der Waals surface area contributed by atoms with Gasteiger partial charge in [0.25, 0.3) is 5.91 Å². The van der Waals surface area contributed by atoms with Gasteiger partial charge in [-0.2, -0.15) is 0 Å². The van der Waals surface area contributed by atoms with Gasteiger partial charge in [-0.1, -0.05) is 0 Å². The molecule has 4 rings (SSSR count). The van der Waals surface area contributed by atoms with E-state index < -0.39 is 35.1 Å². The molecule has 1 aliphatic rings. The highest BCUT2D eigenvalue weighted by atomic mass is 32.2. The van der Waals surface area contributed by atoms with Crippen LogP contribution in [0.3, 0.4) is 0 Å². The number of carbonyl (C=O) groups excluding carboxylic acids is 2. The Balaban J connectivity index is 1.85. The number of methoxy groups -OCH3 is 1. The zero-order valence-corrected chi connectivity index (χ0v) is 20.5. The van der Waals surface area contributed by atoms with Crippen molar-refractivity contribution in [3.8, 4) is 11.3 Å². The van der Waals surface area contributed by atoms with E-state index in [-0.39, 0.29) is 19.0 Å². The quantitative estimate of drug-likeness (QED) is 0.551. The van der Waals surface area contributed by atoms with Gasteiger partial charge in [-0.05, 0) is 37.3 Å². The van der Waals surface area contributed by atoms with E-state index in [0.717, 1.165) is 0 Å². The lowest BCUT2D eigenvalue weighted by Gasteiger charge is -2.24. The third kappa shape index (κ3) is 4.87. The highest BCUT2D eigenvalue weighted by Crippen LogP contribution is 2.41. The van der Waals surface area contributed by atoms with Crippen LogP contribution in [0, 0.1) is 5.82 Å². The highest BCUT2D eigenvalue weighted by Gasteiger charge is 2.32. The predicted octanol–water partition coefficient (Wildman–Crippen LogP) is 3.51. The van der Waals surface area contributed by atoms with E-state index in [2.05, 4.69) is 15.4 Å². The minimum absolute atomic E-state index is 0.160. The van der Waals surface area contributed by atoms with E-state index in [9.17, 15) is 18.2 Å². The fraction of sp³-hybridized carbons (Fsp3) is 0.333. The fourth-order valence-corrected chi connectivity index (χ4v) is 4.97. The molecule has 2 aromatic carbocycles. The number of halogens is 1. The van der Waals surface area contributed by atoms with Crippen molar-refractivity contribution in [2.45, 2.75) is 19.1 Å². The van der Waals surface area contributed by atoms with Crippen LogP contribution >= 0.6 is 0 Å². The maximum Gasteiger partial charge on any atom is 0.406 e. The van der Waals surface area contributed by atoms with Crippen LogP contribution in [0.4, 0.5) is 14.9 Å². The van der Waals surface area contributed by atoms with Crippen LogP contribution in [0.5, 0.6) is 0 Å². The van der Waals surface area contributed by atoms with Gasteiger partial charge in [0, 0.05) is 42.4 Å². The number of nitrogens with one attached hydrogen (secondary N) is 2. The van der Waals surface area contributed by atoms with Gasteiger partial charge in [0.2, 0.25) is 0 Å². The van der Waals surface area contributed by atoms with Crippen molar-refractivity contribution in [1.82, 2.24) is 10.6 Å². The van der Waals surface area contributed by atoms with Crippen molar-refractivity contribution in [3.63, 3.8) is 0 Å². The van der Waals surface area contributed by atoms with Crippen LogP contribution in [0.1, 0.15) is 28.9 Å². The lowest BCUT2D eigenvalue weighted by Crippen LogP contribution is -2.41. The molecule has 3 aromatic rings. The maximum absolute atomic E-state index is 13.5. The van der Waals surface area contributed by atoms with Crippen LogP contribution < -0.4 is 14.9 Å². The third-order valence-electron chi connectivity index (χ3n) is 5.84. The molecule has 35 heavy (non-hydrogen) atoms. The number of furan rings is 1. The van der Waals surface area contributed by atoms with E-state index in [4.69, 9.17) is 9.15 Å². The minimum atomic E-state index is -1.42. The summed E-state index contributed by atoms with van der Waals surface area (Å²) in [6.07, 6.45) is 0.0406. The first-order chi connectivity index (χ1) is 16.7. The van der Waals surface area contributed by atoms with Gasteiger partial charge in [-0.3, -0.25) is 9.10 Å². The molecule has 0 radical (unpaired) electrons. The average Bonchev–Trinajstić information content (AvgIpc) is 3.15. The highest BCUT2D eigenvalue weighted by molar-refractivity contribution is 7.85. The van der Waals surface area contributed by atoms with Crippen molar-refractivity contribution >= 4 is 39.6 Å². The Hall–Kier alpha value is -3.44. The molecule has 1 aliphatic heterocycles. The van der Waals surface area contributed by atoms with Crippen LogP contribution in [0.2, 0.25) is 0 Å². The van der Waals surface area contributed by atoms with Crippen molar-refractivity contribution in [3.05, 3.63) is 53.3 Å². The Morgan fingerprint density at radius 2 is 1.97 bits per heavy atom. The number of carbonyl (C=O) groups is 2. The number of alkyl carbamates (subject to hydrolysis) is 1. The molecule has 2 N–H and O–H groups in total.